The van der Waals surface area contributed by atoms with E-state index in [1.807, 2.05) is 0 Å². The lowest BCUT2D eigenvalue weighted by molar-refractivity contribution is -0.384. The quantitative estimate of drug-likeness (QED) is 0.309. The van der Waals surface area contributed by atoms with Crippen LogP contribution < -0.4 is 5.32 Å². The van der Waals surface area contributed by atoms with Gasteiger partial charge in [-0.15, -0.1) is 0 Å². The Kier molecular flexibility index (Phi) is 6.45. The summed E-state index contributed by atoms with van der Waals surface area (Å²) in [6.07, 6.45) is -4.76. The Balaban J connectivity index is 2.12. The molecule has 2 aromatic carbocycles. The second kappa shape index (κ2) is 8.42. The minimum atomic E-state index is -4.76. The lowest BCUT2D eigenvalue weighted by Gasteiger charge is -2.16. The van der Waals surface area contributed by atoms with E-state index in [9.17, 15) is 32.5 Å². The number of nitrogens with one attached hydrogen (secondary N) is 1. The SMILES string of the molecule is CC(Nc1ccc(C(F)(F)F)cc1[N+](=O)[O-])C(=O)OCc1c(F)cccc1Cl. The first-order chi connectivity index (χ1) is 13.0. The fraction of sp³-hybridized carbons (Fsp3) is 0.235. The van der Waals surface area contributed by atoms with Crippen molar-refractivity contribution < 1.29 is 32.0 Å². The lowest BCUT2D eigenvalue weighted by atomic mass is 10.1. The third-order valence-electron chi connectivity index (χ3n) is 3.67. The summed E-state index contributed by atoms with van der Waals surface area (Å²) < 4.78 is 56.8. The van der Waals surface area contributed by atoms with Crippen LogP contribution in [0, 0.1) is 15.9 Å². The van der Waals surface area contributed by atoms with Crippen LogP contribution in [0.15, 0.2) is 36.4 Å². The number of alkyl halides is 3. The number of nitrogens with zero attached hydrogens (tertiary/aromatic N) is 1. The molecule has 2 aromatic rings. The second-order valence-corrected chi connectivity index (χ2v) is 6.07. The summed E-state index contributed by atoms with van der Waals surface area (Å²) in [5, 5.41) is 13.5. The molecule has 0 aliphatic heterocycles. The summed E-state index contributed by atoms with van der Waals surface area (Å²) in [4.78, 5) is 22.1. The minimum Gasteiger partial charge on any atom is -0.459 e. The van der Waals surface area contributed by atoms with E-state index in [2.05, 4.69) is 5.32 Å². The predicted molar refractivity (Wildman–Crippen MR) is 92.4 cm³/mol. The summed E-state index contributed by atoms with van der Waals surface area (Å²) in [5.41, 5.74) is -2.41. The molecule has 6 nitrogen and oxygen atoms in total. The fourth-order valence-corrected chi connectivity index (χ4v) is 2.43. The number of nitro benzene ring substituents is 1. The van der Waals surface area contributed by atoms with Gasteiger partial charge in [0, 0.05) is 11.6 Å². The molecule has 1 unspecified atom stereocenters. The molecule has 0 saturated carbocycles. The van der Waals surface area contributed by atoms with Crippen molar-refractivity contribution in [1.82, 2.24) is 0 Å². The summed E-state index contributed by atoms with van der Waals surface area (Å²) in [6, 6.07) is 4.59. The van der Waals surface area contributed by atoms with Gasteiger partial charge in [-0.25, -0.2) is 9.18 Å². The van der Waals surface area contributed by atoms with E-state index >= 15 is 0 Å². The number of ether oxygens (including phenoxy) is 1. The third kappa shape index (κ3) is 5.10. The van der Waals surface area contributed by atoms with Gasteiger partial charge in [0.2, 0.25) is 0 Å². The zero-order valence-corrected chi connectivity index (χ0v) is 15.0. The minimum absolute atomic E-state index is 0.0480. The highest BCUT2D eigenvalue weighted by molar-refractivity contribution is 6.31. The van der Waals surface area contributed by atoms with E-state index in [0.717, 1.165) is 12.1 Å². The van der Waals surface area contributed by atoms with Crippen LogP contribution in [0.25, 0.3) is 0 Å². The number of esters is 1. The number of anilines is 1. The summed E-state index contributed by atoms with van der Waals surface area (Å²) >= 11 is 5.82. The Bertz CT molecular complexity index is 885. The van der Waals surface area contributed by atoms with Crippen LogP contribution in [-0.2, 0) is 22.3 Å². The highest BCUT2D eigenvalue weighted by Crippen LogP contribution is 2.35. The van der Waals surface area contributed by atoms with Crippen molar-refractivity contribution in [3.05, 3.63) is 68.5 Å². The highest BCUT2D eigenvalue weighted by Gasteiger charge is 2.33. The van der Waals surface area contributed by atoms with E-state index in [1.54, 1.807) is 0 Å². The number of rotatable bonds is 6. The number of halogens is 5. The Labute approximate surface area is 161 Å². The van der Waals surface area contributed by atoms with Crippen molar-refractivity contribution in [2.75, 3.05) is 5.32 Å². The summed E-state index contributed by atoms with van der Waals surface area (Å²) in [5.74, 6) is -1.59. The van der Waals surface area contributed by atoms with Crippen molar-refractivity contribution in [2.45, 2.75) is 25.7 Å². The van der Waals surface area contributed by atoms with Crippen LogP contribution in [0.3, 0.4) is 0 Å². The molecule has 0 aromatic heterocycles. The van der Waals surface area contributed by atoms with E-state index < -0.39 is 46.8 Å². The predicted octanol–water partition coefficient (Wildman–Crippen LogP) is 4.95. The van der Waals surface area contributed by atoms with E-state index in [-0.39, 0.29) is 16.3 Å². The Hall–Kier alpha value is -2.88. The van der Waals surface area contributed by atoms with Crippen LogP contribution in [0.2, 0.25) is 5.02 Å². The maximum atomic E-state index is 13.7. The average Bonchev–Trinajstić information content (AvgIpc) is 2.60. The van der Waals surface area contributed by atoms with Gasteiger partial charge in [0.15, 0.2) is 0 Å². The summed E-state index contributed by atoms with van der Waals surface area (Å²) in [7, 11) is 0. The first kappa shape index (κ1) is 21.4. The van der Waals surface area contributed by atoms with Gasteiger partial charge in [-0.2, -0.15) is 13.2 Å². The summed E-state index contributed by atoms with van der Waals surface area (Å²) in [6.45, 7) is 0.804. The van der Waals surface area contributed by atoms with Crippen LogP contribution in [0.1, 0.15) is 18.1 Å². The Morgan fingerprint density at radius 2 is 2.00 bits per heavy atom. The average molecular weight is 421 g/mol. The van der Waals surface area contributed by atoms with Crippen LogP contribution >= 0.6 is 11.6 Å². The van der Waals surface area contributed by atoms with Crippen molar-refractivity contribution >= 4 is 28.9 Å². The van der Waals surface area contributed by atoms with E-state index in [0.29, 0.717) is 12.1 Å². The molecule has 0 amide bonds. The van der Waals surface area contributed by atoms with Gasteiger partial charge in [-0.1, -0.05) is 17.7 Å². The molecule has 1 atom stereocenters. The molecule has 0 aliphatic rings. The monoisotopic (exact) mass is 420 g/mol. The van der Waals surface area contributed by atoms with E-state index in [4.69, 9.17) is 16.3 Å². The molecule has 1 N–H and O–H groups in total. The number of carbonyl (C=O) groups excluding carboxylic acids is 1. The maximum absolute atomic E-state index is 13.7. The Morgan fingerprint density at radius 1 is 1.32 bits per heavy atom. The zero-order valence-electron chi connectivity index (χ0n) is 14.2. The van der Waals surface area contributed by atoms with Gasteiger partial charge < -0.3 is 10.1 Å². The van der Waals surface area contributed by atoms with Gasteiger partial charge in [-0.05, 0) is 31.2 Å². The molecular formula is C17H13ClF4N2O4. The van der Waals surface area contributed by atoms with Crippen LogP contribution in [0.5, 0.6) is 0 Å². The maximum Gasteiger partial charge on any atom is 0.416 e. The molecule has 0 radical (unpaired) electrons. The zero-order chi connectivity index (χ0) is 21.1. The van der Waals surface area contributed by atoms with Crippen LogP contribution in [-0.4, -0.2) is 16.9 Å². The first-order valence-electron chi connectivity index (χ1n) is 7.72. The smallest absolute Gasteiger partial charge is 0.416 e. The van der Waals surface area contributed by atoms with Gasteiger partial charge in [0.1, 0.15) is 24.2 Å². The standard InChI is InChI=1S/C17H13ClF4N2O4/c1-9(16(25)28-8-11-12(18)3-2-4-13(11)19)23-14-6-5-10(17(20,21)22)7-15(14)24(26)27/h2-7,9,23H,8H2,1H3. The molecule has 0 heterocycles. The number of hydrogen-bond acceptors (Lipinski definition) is 5. The lowest BCUT2D eigenvalue weighted by Crippen LogP contribution is -2.28. The molecule has 28 heavy (non-hydrogen) atoms. The van der Waals surface area contributed by atoms with Crippen molar-refractivity contribution in [3.63, 3.8) is 0 Å². The molecule has 0 bridgehead atoms. The molecule has 11 heteroatoms. The fourth-order valence-electron chi connectivity index (χ4n) is 2.21. The number of carbonyl (C=O) groups is 1. The molecule has 150 valence electrons. The number of hydrogen-bond donors (Lipinski definition) is 1. The molecule has 0 fully saturated rings. The molecule has 2 rings (SSSR count). The molecule has 0 saturated heterocycles. The van der Waals surface area contributed by atoms with Crippen LogP contribution in [0.4, 0.5) is 28.9 Å². The highest BCUT2D eigenvalue weighted by atomic mass is 35.5. The first-order valence-corrected chi connectivity index (χ1v) is 8.10. The molecule has 0 spiro atoms. The largest absolute Gasteiger partial charge is 0.459 e. The van der Waals surface area contributed by atoms with Crippen molar-refractivity contribution in [2.24, 2.45) is 0 Å². The third-order valence-corrected chi connectivity index (χ3v) is 4.02. The van der Waals surface area contributed by atoms with Gasteiger partial charge in [-0.3, -0.25) is 10.1 Å². The van der Waals surface area contributed by atoms with E-state index in [1.165, 1.54) is 19.1 Å². The molecule has 0 aliphatic carbocycles. The Morgan fingerprint density at radius 3 is 2.57 bits per heavy atom. The topological polar surface area (TPSA) is 81.5 Å². The number of nitro groups is 1. The van der Waals surface area contributed by atoms with Gasteiger partial charge >= 0.3 is 12.1 Å². The molecular weight excluding hydrogens is 408 g/mol. The van der Waals surface area contributed by atoms with Gasteiger partial charge in [0.25, 0.3) is 5.69 Å². The van der Waals surface area contributed by atoms with Gasteiger partial charge in [0.05, 0.1) is 15.5 Å². The van der Waals surface area contributed by atoms with Crippen molar-refractivity contribution in [1.29, 1.82) is 0 Å². The van der Waals surface area contributed by atoms with Crippen molar-refractivity contribution in [3.8, 4) is 0 Å². The second-order valence-electron chi connectivity index (χ2n) is 5.66. The number of benzene rings is 2. The normalized spacial score (nSPS) is 12.4.